The number of ether oxygens (including phenoxy) is 1. The third-order valence-electron chi connectivity index (χ3n) is 3.85. The molecule has 0 spiro atoms. The van der Waals surface area contributed by atoms with Crippen LogP contribution in [0.1, 0.15) is 5.56 Å². The van der Waals surface area contributed by atoms with Crippen LogP contribution < -0.4 is 15.0 Å². The van der Waals surface area contributed by atoms with Crippen molar-refractivity contribution in [2.24, 2.45) is 0 Å². The molecule has 1 aliphatic heterocycles. The van der Waals surface area contributed by atoms with Crippen molar-refractivity contribution in [2.45, 2.75) is 0 Å². The number of urea groups is 1. The van der Waals surface area contributed by atoms with E-state index < -0.39 is 17.8 Å². The molecule has 1 saturated heterocycles. The highest BCUT2D eigenvalue weighted by Gasteiger charge is 2.36. The highest BCUT2D eigenvalue weighted by molar-refractivity contribution is 9.11. The summed E-state index contributed by atoms with van der Waals surface area (Å²) in [5.74, 6) is -0.904. The number of halogens is 3. The zero-order valence-corrected chi connectivity index (χ0v) is 19.5. The van der Waals surface area contributed by atoms with Gasteiger partial charge in [0.05, 0.1) is 14.6 Å². The van der Waals surface area contributed by atoms with E-state index in [-0.39, 0.29) is 5.57 Å². The van der Waals surface area contributed by atoms with E-state index in [4.69, 9.17) is 4.74 Å². The molecule has 0 atom stereocenters. The van der Waals surface area contributed by atoms with Gasteiger partial charge in [-0.25, -0.2) is 9.69 Å². The molecule has 0 radical (unpaired) electrons. The number of imide groups is 2. The number of rotatable bonds is 5. The van der Waals surface area contributed by atoms with Gasteiger partial charge in [-0.1, -0.05) is 34.7 Å². The van der Waals surface area contributed by atoms with E-state index >= 15 is 0 Å². The number of hydrogen-bond acceptors (Lipinski definition) is 4. The lowest BCUT2D eigenvalue weighted by Gasteiger charge is -2.26. The monoisotopic (exact) mass is 582 g/mol. The number of carbonyl (C=O) groups excluding carboxylic acids is 3. The van der Waals surface area contributed by atoms with Crippen molar-refractivity contribution in [2.75, 3.05) is 11.5 Å². The van der Waals surface area contributed by atoms with Crippen LogP contribution in [0, 0.1) is 0 Å². The Hall–Kier alpha value is -2.23. The lowest BCUT2D eigenvalue weighted by Crippen LogP contribution is -2.54. The number of anilines is 1. The van der Waals surface area contributed by atoms with Gasteiger partial charge < -0.3 is 4.74 Å². The van der Waals surface area contributed by atoms with E-state index in [1.807, 2.05) is 0 Å². The first-order valence-electron chi connectivity index (χ1n) is 8.21. The van der Waals surface area contributed by atoms with Gasteiger partial charge in [0.25, 0.3) is 11.8 Å². The average molecular weight is 585 g/mol. The summed E-state index contributed by atoms with van der Waals surface area (Å²) in [5, 5.41) is 2.20. The first-order chi connectivity index (χ1) is 13.8. The lowest BCUT2D eigenvalue weighted by atomic mass is 10.1. The number of amides is 4. The highest BCUT2D eigenvalue weighted by atomic mass is 79.9. The van der Waals surface area contributed by atoms with Crippen LogP contribution >= 0.6 is 47.8 Å². The molecule has 0 saturated carbocycles. The van der Waals surface area contributed by atoms with Crippen molar-refractivity contribution in [3.8, 4) is 5.75 Å². The third kappa shape index (κ3) is 4.68. The van der Waals surface area contributed by atoms with Gasteiger partial charge >= 0.3 is 6.03 Å². The molecule has 29 heavy (non-hydrogen) atoms. The number of hydrogen-bond donors (Lipinski definition) is 1. The molecule has 1 heterocycles. The van der Waals surface area contributed by atoms with Crippen LogP contribution in [0.3, 0.4) is 0 Å². The predicted molar refractivity (Wildman–Crippen MR) is 121 cm³/mol. The molecular formula is C20H13Br3N2O4. The fourth-order valence-corrected chi connectivity index (χ4v) is 4.45. The number of carbonyl (C=O) groups is 3. The van der Waals surface area contributed by atoms with Crippen LogP contribution in [0.2, 0.25) is 0 Å². The summed E-state index contributed by atoms with van der Waals surface area (Å²) in [6.07, 6.45) is 3.04. The van der Waals surface area contributed by atoms with Gasteiger partial charge in [0, 0.05) is 4.47 Å². The molecular weight excluding hydrogens is 572 g/mol. The van der Waals surface area contributed by atoms with Crippen molar-refractivity contribution >= 4 is 77.4 Å². The standard InChI is InChI=1S/C20H13Br3N2O4/c1-2-6-29-17-15(22)8-11(9-16(17)23)7-14-18(26)24-20(28)25(19(14)27)13-5-3-4-12(21)10-13/h2-5,7-10H,1,6H2,(H,24,26,28)/b14-7-. The average Bonchev–Trinajstić information content (AvgIpc) is 2.64. The summed E-state index contributed by atoms with van der Waals surface area (Å²) in [6, 6.07) is 9.29. The molecule has 3 rings (SSSR count). The first-order valence-corrected chi connectivity index (χ1v) is 10.6. The normalized spacial score (nSPS) is 15.5. The third-order valence-corrected chi connectivity index (χ3v) is 5.52. The minimum Gasteiger partial charge on any atom is -0.487 e. The van der Waals surface area contributed by atoms with Gasteiger partial charge in [0.2, 0.25) is 0 Å². The summed E-state index contributed by atoms with van der Waals surface area (Å²) < 4.78 is 7.52. The number of barbiturate groups is 1. The highest BCUT2D eigenvalue weighted by Crippen LogP contribution is 2.36. The minimum absolute atomic E-state index is 0.164. The second kappa shape index (κ2) is 9.06. The largest absolute Gasteiger partial charge is 0.487 e. The maximum absolute atomic E-state index is 12.9. The van der Waals surface area contributed by atoms with Gasteiger partial charge in [0.15, 0.2) is 0 Å². The van der Waals surface area contributed by atoms with Crippen molar-refractivity contribution in [1.29, 1.82) is 0 Å². The first kappa shape index (κ1) is 21.5. The Morgan fingerprint density at radius 1 is 1.07 bits per heavy atom. The second-order valence-electron chi connectivity index (χ2n) is 5.85. The molecule has 0 aliphatic carbocycles. The number of benzene rings is 2. The molecule has 6 nitrogen and oxygen atoms in total. The predicted octanol–water partition coefficient (Wildman–Crippen LogP) is 5.21. The Bertz CT molecular complexity index is 1040. The van der Waals surface area contributed by atoms with E-state index in [2.05, 4.69) is 59.7 Å². The topological polar surface area (TPSA) is 75.7 Å². The van der Waals surface area contributed by atoms with Crippen LogP contribution in [-0.4, -0.2) is 24.5 Å². The van der Waals surface area contributed by atoms with Crippen LogP contribution in [0.4, 0.5) is 10.5 Å². The molecule has 2 aromatic rings. The maximum Gasteiger partial charge on any atom is 0.335 e. The Morgan fingerprint density at radius 3 is 2.38 bits per heavy atom. The Morgan fingerprint density at radius 2 is 1.76 bits per heavy atom. The molecule has 148 valence electrons. The number of nitrogens with one attached hydrogen (secondary N) is 1. The molecule has 1 fully saturated rings. The van der Waals surface area contributed by atoms with Gasteiger partial charge in [-0.2, -0.15) is 0 Å². The van der Waals surface area contributed by atoms with Crippen LogP contribution in [0.15, 0.2) is 68.0 Å². The quantitative estimate of drug-likeness (QED) is 0.298. The fraction of sp³-hybridized carbons (Fsp3) is 0.0500. The van der Waals surface area contributed by atoms with E-state index in [1.54, 1.807) is 42.5 Å². The Kier molecular flexibility index (Phi) is 6.71. The van der Waals surface area contributed by atoms with Gasteiger partial charge in [-0.05, 0) is 73.8 Å². The SMILES string of the molecule is C=CCOc1c(Br)cc(/C=C2/C(=O)NC(=O)N(c3cccc(Br)c3)C2=O)cc1Br. The fourth-order valence-electron chi connectivity index (χ4n) is 2.62. The van der Waals surface area contributed by atoms with E-state index in [0.29, 0.717) is 37.0 Å². The summed E-state index contributed by atoms with van der Waals surface area (Å²) in [5.41, 5.74) is 0.746. The molecule has 1 N–H and O–H groups in total. The molecule has 9 heteroatoms. The lowest BCUT2D eigenvalue weighted by molar-refractivity contribution is -0.122. The second-order valence-corrected chi connectivity index (χ2v) is 8.48. The number of nitrogens with zero attached hydrogens (tertiary/aromatic N) is 1. The molecule has 4 amide bonds. The van der Waals surface area contributed by atoms with Gasteiger partial charge in [0.1, 0.15) is 17.9 Å². The summed E-state index contributed by atoms with van der Waals surface area (Å²) in [6.45, 7) is 3.93. The summed E-state index contributed by atoms with van der Waals surface area (Å²) in [4.78, 5) is 38.5. The zero-order chi connectivity index (χ0) is 21.1. The molecule has 1 aliphatic rings. The van der Waals surface area contributed by atoms with E-state index in [1.165, 1.54) is 6.08 Å². The summed E-state index contributed by atoms with van der Waals surface area (Å²) in [7, 11) is 0. The minimum atomic E-state index is -0.800. The van der Waals surface area contributed by atoms with Crippen LogP contribution in [-0.2, 0) is 9.59 Å². The smallest absolute Gasteiger partial charge is 0.335 e. The van der Waals surface area contributed by atoms with E-state index in [9.17, 15) is 14.4 Å². The molecule has 2 aromatic carbocycles. The van der Waals surface area contributed by atoms with Crippen molar-refractivity contribution in [1.82, 2.24) is 5.32 Å². The Balaban J connectivity index is 1.99. The van der Waals surface area contributed by atoms with Crippen LogP contribution in [0.5, 0.6) is 5.75 Å². The van der Waals surface area contributed by atoms with Gasteiger partial charge in [-0.3, -0.25) is 14.9 Å². The van der Waals surface area contributed by atoms with Crippen molar-refractivity contribution < 1.29 is 19.1 Å². The Labute approximate surface area is 192 Å². The van der Waals surface area contributed by atoms with Crippen molar-refractivity contribution in [3.63, 3.8) is 0 Å². The molecule has 0 unspecified atom stereocenters. The summed E-state index contributed by atoms with van der Waals surface area (Å²) >= 11 is 10.1. The molecule has 0 bridgehead atoms. The zero-order valence-electron chi connectivity index (χ0n) is 14.7. The maximum atomic E-state index is 12.9. The van der Waals surface area contributed by atoms with Crippen LogP contribution in [0.25, 0.3) is 6.08 Å². The van der Waals surface area contributed by atoms with E-state index in [0.717, 1.165) is 4.90 Å². The molecule has 0 aromatic heterocycles. The van der Waals surface area contributed by atoms with Crippen molar-refractivity contribution in [3.05, 3.63) is 73.6 Å². The van der Waals surface area contributed by atoms with Gasteiger partial charge in [-0.15, -0.1) is 0 Å².